The molecule has 0 amide bonds. The monoisotopic (exact) mass is 627 g/mol. The second-order valence-corrected chi connectivity index (χ2v) is 11.5. The van der Waals surface area contributed by atoms with Crippen molar-refractivity contribution < 1.29 is 23.8 Å². The van der Waals surface area contributed by atoms with Crippen LogP contribution in [-0.4, -0.2) is 41.4 Å². The third-order valence-electron chi connectivity index (χ3n) is 6.80. The first-order chi connectivity index (χ1) is 21.0. The van der Waals surface area contributed by atoms with Gasteiger partial charge in [-0.2, -0.15) is 0 Å². The van der Waals surface area contributed by atoms with E-state index in [9.17, 15) is 14.3 Å². The quantitative estimate of drug-likeness (QED) is 0.160. The number of thiophene rings is 1. The van der Waals surface area contributed by atoms with Crippen molar-refractivity contribution >= 4 is 39.6 Å². The largest absolute Gasteiger partial charge is 0.488 e. The van der Waals surface area contributed by atoms with Crippen LogP contribution in [0.5, 0.6) is 5.75 Å². The van der Waals surface area contributed by atoms with Gasteiger partial charge in [0.25, 0.3) is 0 Å². The zero-order valence-electron chi connectivity index (χ0n) is 25.6. The number of ether oxygens (including phenoxy) is 2. The Kier molecular flexibility index (Phi) is 14.1. The molecular formula is C33H42FN3O4S2. The Morgan fingerprint density at radius 3 is 2.49 bits per heavy atom. The highest BCUT2D eigenvalue weighted by Gasteiger charge is 2.22. The van der Waals surface area contributed by atoms with E-state index in [4.69, 9.17) is 14.5 Å². The fourth-order valence-corrected chi connectivity index (χ4v) is 6.63. The number of benzene rings is 1. The van der Waals surface area contributed by atoms with Crippen LogP contribution in [0.25, 0.3) is 21.7 Å². The maximum Gasteiger partial charge on any atom is 0.339 e. The molecule has 7 nitrogen and oxygen atoms in total. The van der Waals surface area contributed by atoms with Gasteiger partial charge in [0, 0.05) is 34.2 Å². The number of carboxylic acids is 1. The SMILES string of the molecule is CC.CC.COCCOc1ccc(-c2nc(Nc3ncc(-c4cccs4)cc3C(=O)O)sc2CC2CCCCC2)cc1F. The van der Waals surface area contributed by atoms with Gasteiger partial charge in [0.05, 0.1) is 12.3 Å². The summed E-state index contributed by atoms with van der Waals surface area (Å²) in [7, 11) is 1.57. The van der Waals surface area contributed by atoms with Crippen molar-refractivity contribution in [1.29, 1.82) is 0 Å². The highest BCUT2D eigenvalue weighted by molar-refractivity contribution is 7.16. The van der Waals surface area contributed by atoms with Crippen LogP contribution in [0.3, 0.4) is 0 Å². The van der Waals surface area contributed by atoms with Gasteiger partial charge < -0.3 is 19.9 Å². The van der Waals surface area contributed by atoms with Gasteiger partial charge in [-0.25, -0.2) is 19.2 Å². The summed E-state index contributed by atoms with van der Waals surface area (Å²) in [6.45, 7) is 8.63. The molecule has 1 aliphatic rings. The molecule has 43 heavy (non-hydrogen) atoms. The Balaban J connectivity index is 0.00000121. The van der Waals surface area contributed by atoms with Crippen LogP contribution in [0.4, 0.5) is 15.3 Å². The summed E-state index contributed by atoms with van der Waals surface area (Å²) in [5, 5.41) is 15.5. The number of carboxylic acid groups (broad SMARTS) is 1. The molecule has 0 aliphatic heterocycles. The molecule has 1 fully saturated rings. The van der Waals surface area contributed by atoms with Crippen molar-refractivity contribution in [2.45, 2.75) is 66.2 Å². The van der Waals surface area contributed by atoms with Gasteiger partial charge in [-0.3, -0.25) is 0 Å². The van der Waals surface area contributed by atoms with Crippen LogP contribution in [0, 0.1) is 11.7 Å². The van der Waals surface area contributed by atoms with Gasteiger partial charge >= 0.3 is 5.97 Å². The van der Waals surface area contributed by atoms with E-state index in [2.05, 4.69) is 10.3 Å². The molecule has 5 rings (SSSR count). The van der Waals surface area contributed by atoms with Crippen LogP contribution in [0.2, 0.25) is 0 Å². The lowest BCUT2D eigenvalue weighted by atomic mass is 9.86. The van der Waals surface area contributed by atoms with Crippen LogP contribution >= 0.6 is 22.7 Å². The van der Waals surface area contributed by atoms with E-state index < -0.39 is 11.8 Å². The normalized spacial score (nSPS) is 12.9. The molecule has 1 saturated carbocycles. The number of halogens is 1. The lowest BCUT2D eigenvalue weighted by molar-refractivity contribution is 0.0697. The molecule has 10 heteroatoms. The number of methoxy groups -OCH3 is 1. The Hall–Kier alpha value is -3.34. The van der Waals surface area contributed by atoms with E-state index >= 15 is 0 Å². The van der Waals surface area contributed by atoms with E-state index in [0.717, 1.165) is 34.6 Å². The van der Waals surface area contributed by atoms with E-state index in [-0.39, 0.29) is 23.7 Å². The number of nitrogens with zero attached hydrogens (tertiary/aromatic N) is 2. The molecule has 2 N–H and O–H groups in total. The average Bonchev–Trinajstić information content (AvgIpc) is 3.71. The summed E-state index contributed by atoms with van der Waals surface area (Å²) in [5.41, 5.74) is 2.16. The van der Waals surface area contributed by atoms with Crippen LogP contribution in [-0.2, 0) is 11.2 Å². The highest BCUT2D eigenvalue weighted by atomic mass is 32.1. The number of pyridine rings is 1. The molecular weight excluding hydrogens is 586 g/mol. The number of thiazole rings is 1. The van der Waals surface area contributed by atoms with Gasteiger partial charge in [-0.05, 0) is 48.1 Å². The molecule has 4 aromatic rings. The molecule has 1 aliphatic carbocycles. The second-order valence-electron chi connectivity index (χ2n) is 9.51. The number of nitrogens with one attached hydrogen (secondary N) is 1. The Labute approximate surface area is 262 Å². The molecule has 0 radical (unpaired) electrons. The molecule has 0 atom stereocenters. The van der Waals surface area contributed by atoms with Gasteiger partial charge in [0.1, 0.15) is 18.0 Å². The molecule has 0 spiro atoms. The zero-order chi connectivity index (χ0) is 31.2. The number of rotatable bonds is 11. The number of hydrogen-bond acceptors (Lipinski definition) is 8. The third-order valence-corrected chi connectivity index (χ3v) is 8.71. The van der Waals surface area contributed by atoms with Gasteiger partial charge in [0.15, 0.2) is 16.7 Å². The number of carbonyl (C=O) groups is 1. The lowest BCUT2D eigenvalue weighted by Gasteiger charge is -2.21. The van der Waals surface area contributed by atoms with E-state index in [1.165, 1.54) is 48.0 Å². The molecule has 232 valence electrons. The van der Waals surface area contributed by atoms with Crippen molar-refractivity contribution in [3.05, 3.63) is 64.2 Å². The topological polar surface area (TPSA) is 93.6 Å². The van der Waals surface area contributed by atoms with Gasteiger partial charge in [-0.1, -0.05) is 65.9 Å². The first-order valence-electron chi connectivity index (χ1n) is 15.0. The standard InChI is InChI=1S/C29H30FN3O4S2.2C2H6/c1-36-11-12-37-23-10-9-19(16-22(23)30)26-25(14-18-6-3-2-4-7-18)39-29(32-26)33-27-21(28(34)35)15-20(17-31-27)24-8-5-13-38-24;2*1-2/h5,8-10,13,15-18H,2-4,6-7,11-12,14H2,1H3,(H,34,35)(H,31,32,33);2*1-2H3. The first kappa shape index (κ1) is 34.2. The van der Waals surface area contributed by atoms with Crippen molar-refractivity contribution in [2.24, 2.45) is 5.92 Å². The number of hydrogen-bond donors (Lipinski definition) is 2. The lowest BCUT2D eigenvalue weighted by Crippen LogP contribution is -2.09. The van der Waals surface area contributed by atoms with Crippen molar-refractivity contribution in [3.8, 4) is 27.4 Å². The third kappa shape index (κ3) is 9.32. The molecule has 1 aromatic carbocycles. The Bertz CT molecular complexity index is 1420. The highest BCUT2D eigenvalue weighted by Crippen LogP contribution is 2.38. The average molecular weight is 628 g/mol. The fraction of sp³-hybridized carbons (Fsp3) is 0.424. The van der Waals surface area contributed by atoms with Gasteiger partial charge in [0.2, 0.25) is 0 Å². The minimum absolute atomic E-state index is 0.0649. The smallest absolute Gasteiger partial charge is 0.339 e. The van der Waals surface area contributed by atoms with Crippen molar-refractivity contribution in [3.63, 3.8) is 0 Å². The number of aromatic nitrogens is 2. The summed E-state index contributed by atoms with van der Waals surface area (Å²) < 4.78 is 25.4. The summed E-state index contributed by atoms with van der Waals surface area (Å²) in [6.07, 6.45) is 8.53. The van der Waals surface area contributed by atoms with Crippen molar-refractivity contribution in [1.82, 2.24) is 9.97 Å². The van der Waals surface area contributed by atoms with Crippen LogP contribution < -0.4 is 10.1 Å². The minimum Gasteiger partial charge on any atom is -0.488 e. The van der Waals surface area contributed by atoms with E-state index in [1.54, 1.807) is 25.4 Å². The maximum atomic E-state index is 14.9. The van der Waals surface area contributed by atoms with E-state index in [1.807, 2.05) is 51.3 Å². The maximum absolute atomic E-state index is 14.9. The molecule has 3 heterocycles. The summed E-state index contributed by atoms with van der Waals surface area (Å²) in [6, 6.07) is 10.3. The fourth-order valence-electron chi connectivity index (χ4n) is 4.83. The number of anilines is 2. The Morgan fingerprint density at radius 2 is 1.84 bits per heavy atom. The molecule has 0 unspecified atom stereocenters. The van der Waals surface area contributed by atoms with Crippen molar-refractivity contribution in [2.75, 3.05) is 25.6 Å². The first-order valence-corrected chi connectivity index (χ1v) is 16.7. The summed E-state index contributed by atoms with van der Waals surface area (Å²) in [4.78, 5) is 23.3. The predicted molar refractivity (Wildman–Crippen MR) is 176 cm³/mol. The summed E-state index contributed by atoms with van der Waals surface area (Å²) in [5.74, 6) is -0.604. The minimum atomic E-state index is -1.08. The summed E-state index contributed by atoms with van der Waals surface area (Å²) >= 11 is 2.99. The predicted octanol–water partition coefficient (Wildman–Crippen LogP) is 9.71. The zero-order valence-corrected chi connectivity index (χ0v) is 27.2. The molecule has 3 aromatic heterocycles. The molecule has 0 bridgehead atoms. The van der Waals surface area contributed by atoms with Crippen LogP contribution in [0.15, 0.2) is 48.0 Å². The second kappa shape index (κ2) is 17.7. The Morgan fingerprint density at radius 1 is 1.07 bits per heavy atom. The van der Waals surface area contributed by atoms with Gasteiger partial charge in [-0.15, -0.1) is 22.7 Å². The number of aromatic carboxylic acids is 1. The molecule has 0 saturated heterocycles. The van der Waals surface area contributed by atoms with E-state index in [0.29, 0.717) is 28.9 Å². The van der Waals surface area contributed by atoms with Crippen LogP contribution in [0.1, 0.15) is 75.0 Å².